The van der Waals surface area contributed by atoms with Gasteiger partial charge >= 0.3 is 0 Å². The maximum absolute atomic E-state index is 11.8. The smallest absolute Gasteiger partial charge is 0.265 e. The molecule has 1 aliphatic heterocycles. The molecule has 0 fully saturated rings. The van der Waals surface area contributed by atoms with Gasteiger partial charge in [-0.2, -0.15) is 0 Å². The maximum atomic E-state index is 11.8. The fourth-order valence-electron chi connectivity index (χ4n) is 1.75. The van der Waals surface area contributed by atoms with Crippen molar-refractivity contribution in [1.29, 1.82) is 0 Å². The summed E-state index contributed by atoms with van der Waals surface area (Å²) in [6, 6.07) is 10.5. The van der Waals surface area contributed by atoms with Crippen LogP contribution in [0.4, 0.5) is 5.82 Å². The molecule has 3 rings (SSSR count). The lowest BCUT2D eigenvalue weighted by molar-refractivity contribution is 0.598. The van der Waals surface area contributed by atoms with Crippen molar-refractivity contribution < 1.29 is 8.42 Å². The van der Waals surface area contributed by atoms with Crippen LogP contribution in [-0.2, 0) is 10.0 Å². The Morgan fingerprint density at radius 3 is 2.73 bits per heavy atom. The molecule has 76 valence electrons. The Kier molecular flexibility index (Phi) is 1.50. The van der Waals surface area contributed by atoms with Crippen LogP contribution in [0.3, 0.4) is 0 Å². The van der Waals surface area contributed by atoms with Crippen LogP contribution in [0, 0.1) is 0 Å². The van der Waals surface area contributed by atoms with Crippen LogP contribution >= 0.6 is 0 Å². The minimum atomic E-state index is -3.40. The highest BCUT2D eigenvalue weighted by Gasteiger charge is 2.25. The molecule has 2 heterocycles. The third-order valence-corrected chi connectivity index (χ3v) is 3.80. The molecule has 2 aromatic rings. The van der Waals surface area contributed by atoms with Crippen molar-refractivity contribution in [2.24, 2.45) is 0 Å². The largest absolute Gasteiger partial charge is 0.301 e. The number of nitrogens with zero attached hydrogens (tertiary/aromatic N) is 1. The third-order valence-electron chi connectivity index (χ3n) is 2.40. The lowest BCUT2D eigenvalue weighted by Gasteiger charge is -2.20. The Labute approximate surface area is 87.2 Å². The van der Waals surface area contributed by atoms with Crippen molar-refractivity contribution in [3.8, 4) is 5.69 Å². The highest BCUT2D eigenvalue weighted by molar-refractivity contribution is 7.93. The van der Waals surface area contributed by atoms with E-state index >= 15 is 0 Å². The minimum absolute atomic E-state index is 0.314. The first-order valence-electron chi connectivity index (χ1n) is 4.48. The average Bonchev–Trinajstić information content (AvgIpc) is 2.65. The lowest BCUT2D eigenvalue weighted by atomic mass is 10.3. The molecule has 0 aliphatic carbocycles. The molecular weight excluding hydrogens is 212 g/mol. The Balaban J connectivity index is 2.44. The zero-order chi connectivity index (χ0) is 10.5. The van der Waals surface area contributed by atoms with Gasteiger partial charge < -0.3 is 4.57 Å². The van der Waals surface area contributed by atoms with E-state index in [1.165, 1.54) is 0 Å². The molecule has 0 atom stereocenters. The van der Waals surface area contributed by atoms with E-state index in [4.69, 9.17) is 0 Å². The van der Waals surface area contributed by atoms with E-state index in [1.807, 2.05) is 16.8 Å². The van der Waals surface area contributed by atoms with Crippen molar-refractivity contribution in [3.63, 3.8) is 0 Å². The number of hydrogen-bond donors (Lipinski definition) is 1. The van der Waals surface area contributed by atoms with Crippen LogP contribution < -0.4 is 4.72 Å². The van der Waals surface area contributed by atoms with Crippen LogP contribution in [-0.4, -0.2) is 13.0 Å². The standard InChI is InChI=1S/C10H8N2O2S/c13-15(14)9-5-2-1-4-8(9)12-7-3-6-10(12)11-15/h1-7,11H. The second-order valence-corrected chi connectivity index (χ2v) is 4.99. The summed E-state index contributed by atoms with van der Waals surface area (Å²) in [6.45, 7) is 0. The normalized spacial score (nSPS) is 16.3. The number of nitrogens with one attached hydrogen (secondary N) is 1. The molecule has 4 nitrogen and oxygen atoms in total. The second-order valence-electron chi connectivity index (χ2n) is 3.34. The van der Waals surface area contributed by atoms with Crippen LogP contribution in [0.15, 0.2) is 47.5 Å². The van der Waals surface area contributed by atoms with E-state index in [9.17, 15) is 8.42 Å². The van der Waals surface area contributed by atoms with Crippen LogP contribution in [0.2, 0.25) is 0 Å². The van der Waals surface area contributed by atoms with Gasteiger partial charge in [-0.3, -0.25) is 4.72 Å². The van der Waals surface area contributed by atoms with Gasteiger partial charge in [0.1, 0.15) is 10.7 Å². The van der Waals surface area contributed by atoms with Crippen molar-refractivity contribution in [3.05, 3.63) is 42.6 Å². The predicted molar refractivity (Wildman–Crippen MR) is 56.6 cm³/mol. The fraction of sp³-hybridized carbons (Fsp3) is 0. The number of rotatable bonds is 0. The molecular formula is C10H8N2O2S. The zero-order valence-corrected chi connectivity index (χ0v) is 8.53. The molecule has 15 heavy (non-hydrogen) atoms. The highest BCUT2D eigenvalue weighted by atomic mass is 32.2. The number of fused-ring (bicyclic) bond motifs is 3. The molecule has 1 aromatic heterocycles. The Hall–Kier alpha value is -1.75. The minimum Gasteiger partial charge on any atom is -0.301 e. The van der Waals surface area contributed by atoms with E-state index in [0.717, 1.165) is 0 Å². The Morgan fingerprint density at radius 2 is 1.87 bits per heavy atom. The van der Waals surface area contributed by atoms with Crippen molar-refractivity contribution in [2.45, 2.75) is 4.90 Å². The summed E-state index contributed by atoms with van der Waals surface area (Å²) in [7, 11) is -3.40. The van der Waals surface area contributed by atoms with Gasteiger partial charge in [0.25, 0.3) is 10.0 Å². The molecule has 0 amide bonds. The third kappa shape index (κ3) is 1.10. The van der Waals surface area contributed by atoms with Gasteiger partial charge in [-0.05, 0) is 24.3 Å². The van der Waals surface area contributed by atoms with Gasteiger partial charge in [0.05, 0.1) is 5.69 Å². The second kappa shape index (κ2) is 2.64. The summed E-state index contributed by atoms with van der Waals surface area (Å²) >= 11 is 0. The highest BCUT2D eigenvalue weighted by Crippen LogP contribution is 2.30. The summed E-state index contributed by atoms with van der Waals surface area (Å²) in [4.78, 5) is 0.314. The first-order valence-corrected chi connectivity index (χ1v) is 5.96. The molecule has 1 aromatic carbocycles. The summed E-state index contributed by atoms with van der Waals surface area (Å²) in [5.41, 5.74) is 0.691. The molecule has 0 saturated carbocycles. The van der Waals surface area contributed by atoms with E-state index < -0.39 is 10.0 Å². The maximum Gasteiger partial charge on any atom is 0.265 e. The molecule has 5 heteroatoms. The molecule has 1 aliphatic rings. The molecule has 0 bridgehead atoms. The van der Waals surface area contributed by atoms with Crippen LogP contribution in [0.5, 0.6) is 0 Å². The number of aromatic nitrogens is 1. The van der Waals surface area contributed by atoms with Gasteiger partial charge in [0.2, 0.25) is 0 Å². The van der Waals surface area contributed by atoms with Crippen LogP contribution in [0.25, 0.3) is 5.69 Å². The number of para-hydroxylation sites is 1. The summed E-state index contributed by atoms with van der Waals surface area (Å²) in [6.07, 6.45) is 1.83. The predicted octanol–water partition coefficient (Wildman–Crippen LogP) is 1.59. The van der Waals surface area contributed by atoms with Gasteiger partial charge in [-0.15, -0.1) is 0 Å². The number of anilines is 1. The zero-order valence-electron chi connectivity index (χ0n) is 7.71. The quantitative estimate of drug-likeness (QED) is 0.733. The lowest BCUT2D eigenvalue weighted by Crippen LogP contribution is -2.22. The Bertz CT molecular complexity index is 628. The number of benzene rings is 1. The number of sulfonamides is 1. The van der Waals surface area contributed by atoms with Crippen molar-refractivity contribution in [2.75, 3.05) is 4.72 Å². The van der Waals surface area contributed by atoms with E-state index in [0.29, 0.717) is 16.4 Å². The van der Waals surface area contributed by atoms with Crippen molar-refractivity contribution >= 4 is 15.8 Å². The first-order chi connectivity index (χ1) is 7.18. The van der Waals surface area contributed by atoms with Gasteiger partial charge in [0.15, 0.2) is 0 Å². The SMILES string of the molecule is O=S1(=O)Nc2cccn2-c2ccccc21. The average molecular weight is 220 g/mol. The monoisotopic (exact) mass is 220 g/mol. The molecule has 0 spiro atoms. The van der Waals surface area contributed by atoms with E-state index in [-0.39, 0.29) is 0 Å². The number of hydrogen-bond acceptors (Lipinski definition) is 2. The first kappa shape index (κ1) is 8.55. The summed E-state index contributed by atoms with van der Waals surface area (Å²) < 4.78 is 27.9. The Morgan fingerprint density at radius 1 is 1.07 bits per heavy atom. The van der Waals surface area contributed by atoms with Gasteiger partial charge in [-0.25, -0.2) is 8.42 Å². The van der Waals surface area contributed by atoms with Crippen LogP contribution in [0.1, 0.15) is 0 Å². The summed E-state index contributed by atoms with van der Waals surface area (Å²) in [5, 5.41) is 0. The topological polar surface area (TPSA) is 51.1 Å². The van der Waals surface area contributed by atoms with Gasteiger partial charge in [0, 0.05) is 6.20 Å². The van der Waals surface area contributed by atoms with E-state index in [2.05, 4.69) is 4.72 Å². The van der Waals surface area contributed by atoms with Crippen molar-refractivity contribution in [1.82, 2.24) is 4.57 Å². The molecule has 1 N–H and O–H groups in total. The molecule has 0 saturated heterocycles. The fourth-order valence-corrected chi connectivity index (χ4v) is 3.00. The summed E-state index contributed by atoms with van der Waals surface area (Å²) in [5.74, 6) is 0.578. The molecule has 0 unspecified atom stereocenters. The van der Waals surface area contributed by atoms with E-state index in [1.54, 1.807) is 30.3 Å². The van der Waals surface area contributed by atoms with Gasteiger partial charge in [-0.1, -0.05) is 12.1 Å². The molecule has 0 radical (unpaired) electrons.